The predicted molar refractivity (Wildman–Crippen MR) is 48.9 cm³/mol. The van der Waals surface area contributed by atoms with Crippen LogP contribution in [0.2, 0.25) is 0 Å². The molecule has 0 heterocycles. The first kappa shape index (κ1) is 7.81. The average Bonchev–Trinajstić information content (AvgIpc) is 2.61. The largest absolute Gasteiger partial charge is 0.385 e. The van der Waals surface area contributed by atoms with Crippen LogP contribution < -0.4 is 0 Å². The van der Waals surface area contributed by atoms with Gasteiger partial charge in [-0.1, -0.05) is 31.2 Å². The van der Waals surface area contributed by atoms with Crippen molar-refractivity contribution in [2.45, 2.75) is 25.9 Å². The molecule has 0 aromatic heterocycles. The molecule has 1 aromatic rings. The maximum absolute atomic E-state index is 10.0. The minimum atomic E-state index is -0.509. The van der Waals surface area contributed by atoms with E-state index in [1.165, 1.54) is 5.56 Å². The van der Waals surface area contributed by atoms with Crippen molar-refractivity contribution in [3.05, 3.63) is 35.4 Å². The molecule has 0 radical (unpaired) electrons. The maximum Gasteiger partial charge on any atom is 0.0929 e. The summed E-state index contributed by atoms with van der Waals surface area (Å²) < 4.78 is 0. The molecule has 0 spiro atoms. The number of hydrogen-bond donors (Lipinski definition) is 1. The number of rotatable bonds is 1. The van der Waals surface area contributed by atoms with Gasteiger partial charge in [-0.2, -0.15) is 0 Å². The van der Waals surface area contributed by atoms with Gasteiger partial charge in [-0.3, -0.25) is 0 Å². The van der Waals surface area contributed by atoms with Crippen molar-refractivity contribution in [1.82, 2.24) is 0 Å². The molecule has 1 fully saturated rings. The van der Waals surface area contributed by atoms with E-state index in [9.17, 15) is 5.11 Å². The van der Waals surface area contributed by atoms with Crippen LogP contribution in [-0.2, 0) is 5.60 Å². The molecular formula is C11H14O. The Balaban J connectivity index is 2.41. The van der Waals surface area contributed by atoms with Gasteiger partial charge in [-0.05, 0) is 30.4 Å². The molecule has 0 aliphatic heterocycles. The van der Waals surface area contributed by atoms with E-state index in [4.69, 9.17) is 0 Å². The van der Waals surface area contributed by atoms with E-state index in [-0.39, 0.29) is 0 Å². The summed E-state index contributed by atoms with van der Waals surface area (Å²) in [4.78, 5) is 0. The maximum atomic E-state index is 10.0. The van der Waals surface area contributed by atoms with Gasteiger partial charge < -0.3 is 5.11 Å². The van der Waals surface area contributed by atoms with Crippen molar-refractivity contribution in [1.29, 1.82) is 0 Å². The fourth-order valence-corrected chi connectivity index (χ4v) is 1.84. The van der Waals surface area contributed by atoms with E-state index >= 15 is 0 Å². The molecule has 1 heteroatoms. The number of aryl methyl sites for hydroxylation is 1. The minimum Gasteiger partial charge on any atom is -0.385 e. The summed E-state index contributed by atoms with van der Waals surface area (Å²) in [6.07, 6.45) is 0.915. The lowest BCUT2D eigenvalue weighted by molar-refractivity contribution is 0.134. The first-order chi connectivity index (χ1) is 5.64. The lowest BCUT2D eigenvalue weighted by atomic mass is 10.0. The Hall–Kier alpha value is -0.820. The fraction of sp³-hybridized carbons (Fsp3) is 0.455. The Bertz CT molecular complexity index is 306. The van der Waals surface area contributed by atoms with Gasteiger partial charge in [-0.25, -0.2) is 0 Å². The normalized spacial score (nSPS) is 33.4. The van der Waals surface area contributed by atoms with Crippen molar-refractivity contribution in [3.63, 3.8) is 0 Å². The second-order valence-electron chi connectivity index (χ2n) is 3.84. The van der Waals surface area contributed by atoms with E-state index in [0.29, 0.717) is 5.92 Å². The van der Waals surface area contributed by atoms with Crippen molar-refractivity contribution in [3.8, 4) is 0 Å². The summed E-state index contributed by atoms with van der Waals surface area (Å²) in [5.41, 5.74) is 1.80. The molecule has 2 atom stereocenters. The highest BCUT2D eigenvalue weighted by Crippen LogP contribution is 2.52. The molecule has 12 heavy (non-hydrogen) atoms. The van der Waals surface area contributed by atoms with E-state index in [1.54, 1.807) is 0 Å². The monoisotopic (exact) mass is 162 g/mol. The van der Waals surface area contributed by atoms with Crippen LogP contribution in [0.3, 0.4) is 0 Å². The van der Waals surface area contributed by atoms with Crippen molar-refractivity contribution >= 4 is 0 Å². The van der Waals surface area contributed by atoms with E-state index in [0.717, 1.165) is 12.0 Å². The highest BCUT2D eigenvalue weighted by Gasteiger charge is 2.51. The third kappa shape index (κ3) is 0.969. The van der Waals surface area contributed by atoms with Crippen LogP contribution in [0.5, 0.6) is 0 Å². The molecular weight excluding hydrogens is 148 g/mol. The number of hydrogen-bond acceptors (Lipinski definition) is 1. The highest BCUT2D eigenvalue weighted by molar-refractivity contribution is 5.35. The zero-order valence-electron chi connectivity index (χ0n) is 7.54. The Labute approximate surface area is 73.0 Å². The Morgan fingerprint density at radius 2 is 2.00 bits per heavy atom. The highest BCUT2D eigenvalue weighted by atomic mass is 16.3. The van der Waals surface area contributed by atoms with Gasteiger partial charge >= 0.3 is 0 Å². The fourth-order valence-electron chi connectivity index (χ4n) is 1.84. The second kappa shape index (κ2) is 2.33. The summed E-state index contributed by atoms with van der Waals surface area (Å²) in [6, 6.07) is 8.08. The van der Waals surface area contributed by atoms with E-state index in [2.05, 4.69) is 19.9 Å². The molecule has 1 nitrogen and oxygen atoms in total. The van der Waals surface area contributed by atoms with Gasteiger partial charge in [0.2, 0.25) is 0 Å². The lowest BCUT2D eigenvalue weighted by Gasteiger charge is -2.12. The zero-order valence-corrected chi connectivity index (χ0v) is 7.54. The molecule has 0 saturated heterocycles. The van der Waals surface area contributed by atoms with Gasteiger partial charge in [0.1, 0.15) is 0 Å². The molecule has 0 amide bonds. The number of aliphatic hydroxyl groups is 1. The first-order valence-corrected chi connectivity index (χ1v) is 4.43. The summed E-state index contributed by atoms with van der Waals surface area (Å²) in [5, 5.41) is 10.0. The van der Waals surface area contributed by atoms with Gasteiger partial charge in [0, 0.05) is 0 Å². The van der Waals surface area contributed by atoms with Crippen molar-refractivity contribution in [2.24, 2.45) is 5.92 Å². The van der Waals surface area contributed by atoms with Crippen LogP contribution in [0.4, 0.5) is 0 Å². The van der Waals surface area contributed by atoms with Crippen LogP contribution in [0.15, 0.2) is 24.3 Å². The van der Waals surface area contributed by atoms with Crippen LogP contribution in [0, 0.1) is 12.8 Å². The molecule has 1 saturated carbocycles. The zero-order chi connectivity index (χ0) is 8.77. The third-order valence-electron chi connectivity index (χ3n) is 2.88. The summed E-state index contributed by atoms with van der Waals surface area (Å²) in [6.45, 7) is 4.14. The standard InChI is InChI=1S/C11H14O/c1-8-5-3-4-6-10(8)11(12)7-9(11)2/h3-6,9,12H,7H2,1-2H3. The smallest absolute Gasteiger partial charge is 0.0929 e. The summed E-state index contributed by atoms with van der Waals surface area (Å²) in [7, 11) is 0. The minimum absolute atomic E-state index is 0.429. The molecule has 64 valence electrons. The molecule has 1 aliphatic carbocycles. The summed E-state index contributed by atoms with van der Waals surface area (Å²) >= 11 is 0. The van der Waals surface area contributed by atoms with E-state index < -0.39 is 5.60 Å². The quantitative estimate of drug-likeness (QED) is 0.671. The van der Waals surface area contributed by atoms with Gasteiger partial charge in [-0.15, -0.1) is 0 Å². The van der Waals surface area contributed by atoms with Crippen molar-refractivity contribution < 1.29 is 5.11 Å². The lowest BCUT2D eigenvalue weighted by Crippen LogP contribution is -2.09. The van der Waals surface area contributed by atoms with Crippen LogP contribution in [-0.4, -0.2) is 5.11 Å². The van der Waals surface area contributed by atoms with Crippen molar-refractivity contribution in [2.75, 3.05) is 0 Å². The average molecular weight is 162 g/mol. The first-order valence-electron chi connectivity index (χ1n) is 4.43. The molecule has 1 aromatic carbocycles. The van der Waals surface area contributed by atoms with Crippen LogP contribution in [0.25, 0.3) is 0 Å². The Morgan fingerprint density at radius 3 is 2.50 bits per heavy atom. The second-order valence-corrected chi connectivity index (χ2v) is 3.84. The molecule has 0 bridgehead atoms. The van der Waals surface area contributed by atoms with Crippen LogP contribution >= 0.6 is 0 Å². The molecule has 2 unspecified atom stereocenters. The predicted octanol–water partition coefficient (Wildman–Crippen LogP) is 2.22. The Morgan fingerprint density at radius 1 is 1.42 bits per heavy atom. The number of benzene rings is 1. The molecule has 1 N–H and O–H groups in total. The van der Waals surface area contributed by atoms with Gasteiger partial charge in [0.05, 0.1) is 5.60 Å². The molecule has 2 rings (SSSR count). The third-order valence-corrected chi connectivity index (χ3v) is 2.88. The van der Waals surface area contributed by atoms with Gasteiger partial charge in [0.15, 0.2) is 0 Å². The van der Waals surface area contributed by atoms with Gasteiger partial charge in [0.25, 0.3) is 0 Å². The molecule has 1 aliphatic rings. The topological polar surface area (TPSA) is 20.2 Å². The van der Waals surface area contributed by atoms with Crippen LogP contribution in [0.1, 0.15) is 24.5 Å². The van der Waals surface area contributed by atoms with E-state index in [1.807, 2.05) is 18.2 Å². The summed E-state index contributed by atoms with van der Waals surface area (Å²) in [5.74, 6) is 0.429. The SMILES string of the molecule is Cc1ccccc1C1(O)CC1C. The Kier molecular flexibility index (Phi) is 1.52.